The van der Waals surface area contributed by atoms with Gasteiger partial charge >= 0.3 is 0 Å². The first-order valence-corrected chi connectivity index (χ1v) is 11.1. The van der Waals surface area contributed by atoms with Crippen molar-refractivity contribution < 1.29 is 8.42 Å². The van der Waals surface area contributed by atoms with Crippen LogP contribution in [0.3, 0.4) is 0 Å². The predicted octanol–water partition coefficient (Wildman–Crippen LogP) is 3.20. The summed E-state index contributed by atoms with van der Waals surface area (Å²) >= 11 is 8.84. The lowest BCUT2D eigenvalue weighted by molar-refractivity contribution is 0.251. The van der Waals surface area contributed by atoms with Crippen molar-refractivity contribution in [1.29, 1.82) is 0 Å². The van der Waals surface area contributed by atoms with Gasteiger partial charge in [-0.3, -0.25) is 0 Å². The molecular weight excluding hydrogens is 414 g/mol. The number of nitrogens with zero attached hydrogens (tertiary/aromatic N) is 1. The Morgan fingerprint density at radius 2 is 2.16 bits per heavy atom. The molecule has 1 saturated heterocycles. The smallest absolute Gasteiger partial charge is 0.150 e. The fourth-order valence-corrected chi connectivity index (χ4v) is 7.42. The summed E-state index contributed by atoms with van der Waals surface area (Å²) in [6.07, 6.45) is 1.59. The molecule has 1 aromatic heterocycles. The second-order valence-corrected chi connectivity index (χ2v) is 9.68. The summed E-state index contributed by atoms with van der Waals surface area (Å²) in [4.78, 5) is 4.53. The molecule has 0 aliphatic carbocycles. The van der Waals surface area contributed by atoms with Crippen molar-refractivity contribution in [3.05, 3.63) is 16.1 Å². The van der Waals surface area contributed by atoms with Gasteiger partial charge in [0.1, 0.15) is 0 Å². The highest BCUT2D eigenvalue weighted by Crippen LogP contribution is 2.41. The van der Waals surface area contributed by atoms with Crippen LogP contribution in [0, 0.1) is 18.3 Å². The van der Waals surface area contributed by atoms with Gasteiger partial charge in [-0.25, -0.2) is 13.4 Å². The molecule has 0 aromatic carbocycles. The van der Waals surface area contributed by atoms with Gasteiger partial charge in [-0.05, 0) is 31.1 Å². The molecule has 1 atom stereocenters. The van der Waals surface area contributed by atoms with Gasteiger partial charge in [-0.2, -0.15) is 0 Å². The van der Waals surface area contributed by atoms with E-state index in [4.69, 9.17) is 0 Å². The van der Waals surface area contributed by atoms with Gasteiger partial charge in [0, 0.05) is 16.0 Å². The van der Waals surface area contributed by atoms with Crippen molar-refractivity contribution in [2.45, 2.75) is 19.8 Å². The molecule has 19 heavy (non-hydrogen) atoms. The molecule has 0 amide bonds. The van der Waals surface area contributed by atoms with E-state index in [-0.39, 0.29) is 11.3 Å². The van der Waals surface area contributed by atoms with Crippen LogP contribution in [0.5, 0.6) is 0 Å². The number of aromatic nitrogens is 1. The third-order valence-corrected chi connectivity index (χ3v) is 8.65. The molecule has 0 N–H and O–H groups in total. The molecular formula is C12H17Br2NO2S2. The zero-order chi connectivity index (χ0) is 14.1. The normalized spacial score (nSPS) is 22.8. The maximum Gasteiger partial charge on any atom is 0.150 e. The average Bonchev–Trinajstić information content (AvgIpc) is 2.92. The standard InChI is InChI=1S/C12H17Br2NO2S2/c1-9-15-11(5-18-9)4-12(7-13,8-14)10-2-3-19(16,17)6-10/h5,10H,2-4,6-8H2,1H3. The van der Waals surface area contributed by atoms with Crippen molar-refractivity contribution in [1.82, 2.24) is 4.98 Å². The van der Waals surface area contributed by atoms with Crippen LogP contribution >= 0.6 is 43.2 Å². The van der Waals surface area contributed by atoms with Crippen molar-refractivity contribution in [3.8, 4) is 0 Å². The highest BCUT2D eigenvalue weighted by molar-refractivity contribution is 9.09. The summed E-state index contributed by atoms with van der Waals surface area (Å²) in [6.45, 7) is 2.00. The van der Waals surface area contributed by atoms with Crippen LogP contribution in [-0.2, 0) is 16.3 Å². The summed E-state index contributed by atoms with van der Waals surface area (Å²) < 4.78 is 23.5. The molecule has 0 saturated carbocycles. The average molecular weight is 431 g/mol. The van der Waals surface area contributed by atoms with Gasteiger partial charge in [0.15, 0.2) is 9.84 Å². The lowest BCUT2D eigenvalue weighted by atomic mass is 9.75. The first kappa shape index (κ1) is 15.9. The molecule has 2 rings (SSSR count). The molecule has 108 valence electrons. The second kappa shape index (κ2) is 6.12. The molecule has 1 aromatic rings. The number of rotatable bonds is 5. The molecule has 3 nitrogen and oxygen atoms in total. The summed E-state index contributed by atoms with van der Waals surface area (Å²) in [6, 6.07) is 0. The van der Waals surface area contributed by atoms with E-state index >= 15 is 0 Å². The van der Waals surface area contributed by atoms with Gasteiger partial charge < -0.3 is 0 Å². The van der Waals surface area contributed by atoms with E-state index in [1.807, 2.05) is 6.92 Å². The SMILES string of the molecule is Cc1nc(CC(CBr)(CBr)C2CCS(=O)(=O)C2)cs1. The Morgan fingerprint density at radius 3 is 2.58 bits per heavy atom. The summed E-state index contributed by atoms with van der Waals surface area (Å²) in [5, 5.41) is 4.73. The first-order valence-electron chi connectivity index (χ1n) is 6.14. The summed E-state index contributed by atoms with van der Waals surface area (Å²) in [5.41, 5.74) is 1.01. The molecule has 0 radical (unpaired) electrons. The number of halogens is 2. The van der Waals surface area contributed by atoms with E-state index in [2.05, 4.69) is 42.2 Å². The third kappa shape index (κ3) is 3.60. The monoisotopic (exact) mass is 429 g/mol. The van der Waals surface area contributed by atoms with Crippen LogP contribution in [0.25, 0.3) is 0 Å². The van der Waals surface area contributed by atoms with E-state index in [0.29, 0.717) is 11.5 Å². The van der Waals surface area contributed by atoms with E-state index in [1.165, 1.54) is 0 Å². The maximum atomic E-state index is 11.7. The summed E-state index contributed by atoms with van der Waals surface area (Å²) in [7, 11) is -2.85. The van der Waals surface area contributed by atoms with E-state index in [1.54, 1.807) is 11.3 Å². The van der Waals surface area contributed by atoms with Crippen LogP contribution < -0.4 is 0 Å². The Kier molecular flexibility index (Phi) is 5.12. The second-order valence-electron chi connectivity index (χ2n) is 5.26. The molecule has 0 bridgehead atoms. The summed E-state index contributed by atoms with van der Waals surface area (Å²) in [5.74, 6) is 0.848. The van der Waals surface area contributed by atoms with Crippen LogP contribution in [0.4, 0.5) is 0 Å². The molecule has 1 aliphatic rings. The maximum absolute atomic E-state index is 11.7. The lowest BCUT2D eigenvalue weighted by Crippen LogP contribution is -2.37. The zero-order valence-electron chi connectivity index (χ0n) is 10.7. The van der Waals surface area contributed by atoms with Crippen molar-refractivity contribution in [2.24, 2.45) is 11.3 Å². The molecule has 1 unspecified atom stereocenters. The van der Waals surface area contributed by atoms with Crippen molar-refractivity contribution >= 4 is 53.0 Å². The van der Waals surface area contributed by atoms with Gasteiger partial charge in [0.05, 0.1) is 22.2 Å². The quantitative estimate of drug-likeness (QED) is 0.673. The zero-order valence-corrected chi connectivity index (χ0v) is 15.5. The third-order valence-electron chi connectivity index (χ3n) is 3.83. The van der Waals surface area contributed by atoms with Gasteiger partial charge in [0.25, 0.3) is 0 Å². The Bertz CT molecular complexity index is 538. The Morgan fingerprint density at radius 1 is 1.47 bits per heavy atom. The Hall–Kier alpha value is 0.540. The number of aryl methyl sites for hydroxylation is 1. The lowest BCUT2D eigenvalue weighted by Gasteiger charge is -2.35. The van der Waals surface area contributed by atoms with Gasteiger partial charge in [-0.15, -0.1) is 11.3 Å². The number of hydrogen-bond acceptors (Lipinski definition) is 4. The van der Waals surface area contributed by atoms with E-state index in [0.717, 1.165) is 34.2 Å². The Labute approximate surface area is 135 Å². The van der Waals surface area contributed by atoms with Crippen molar-refractivity contribution in [2.75, 3.05) is 22.2 Å². The van der Waals surface area contributed by atoms with Gasteiger partial charge in [0.2, 0.25) is 0 Å². The minimum Gasteiger partial charge on any atom is -0.247 e. The number of thiazole rings is 1. The van der Waals surface area contributed by atoms with Crippen LogP contribution in [0.2, 0.25) is 0 Å². The highest BCUT2D eigenvalue weighted by atomic mass is 79.9. The number of sulfone groups is 1. The van der Waals surface area contributed by atoms with Crippen molar-refractivity contribution in [3.63, 3.8) is 0 Å². The Balaban J connectivity index is 2.22. The first-order chi connectivity index (χ1) is 8.91. The minimum absolute atomic E-state index is 0.0654. The molecule has 0 spiro atoms. The molecule has 7 heteroatoms. The minimum atomic E-state index is -2.85. The van der Waals surface area contributed by atoms with Crippen LogP contribution in [0.15, 0.2) is 5.38 Å². The van der Waals surface area contributed by atoms with Crippen LogP contribution in [0.1, 0.15) is 17.1 Å². The topological polar surface area (TPSA) is 47.0 Å². The molecule has 1 fully saturated rings. The largest absolute Gasteiger partial charge is 0.247 e. The number of hydrogen-bond donors (Lipinski definition) is 0. The van der Waals surface area contributed by atoms with Gasteiger partial charge in [-0.1, -0.05) is 31.9 Å². The van der Waals surface area contributed by atoms with Crippen LogP contribution in [-0.4, -0.2) is 35.6 Å². The van der Waals surface area contributed by atoms with E-state index in [9.17, 15) is 8.42 Å². The van der Waals surface area contributed by atoms with E-state index < -0.39 is 9.84 Å². The molecule has 1 aliphatic heterocycles. The predicted molar refractivity (Wildman–Crippen MR) is 87.3 cm³/mol. The number of alkyl halides is 2. The highest BCUT2D eigenvalue weighted by Gasteiger charge is 2.43. The molecule has 2 heterocycles. The fraction of sp³-hybridized carbons (Fsp3) is 0.750. The fourth-order valence-electron chi connectivity index (χ4n) is 2.62.